The molecule has 0 saturated carbocycles. The summed E-state index contributed by atoms with van der Waals surface area (Å²) in [5.74, 6) is 0.286. The molecular formula is C19H14N2O5. The van der Waals surface area contributed by atoms with Gasteiger partial charge in [0.2, 0.25) is 0 Å². The normalized spacial score (nSPS) is 10.2. The Morgan fingerprint density at radius 2 is 1.81 bits per heavy atom. The van der Waals surface area contributed by atoms with Gasteiger partial charge in [0.15, 0.2) is 0 Å². The zero-order valence-corrected chi connectivity index (χ0v) is 13.6. The van der Waals surface area contributed by atoms with Crippen LogP contribution in [0.15, 0.2) is 73.1 Å². The lowest BCUT2D eigenvalue weighted by Gasteiger charge is -2.11. The Morgan fingerprint density at radius 1 is 1.04 bits per heavy atom. The molecule has 3 aromatic rings. The third-order valence-electron chi connectivity index (χ3n) is 3.51. The second-order valence-electron chi connectivity index (χ2n) is 5.25. The maximum atomic E-state index is 12.2. The molecule has 0 N–H and O–H groups in total. The average molecular weight is 350 g/mol. The molecule has 0 saturated heterocycles. The van der Waals surface area contributed by atoms with Gasteiger partial charge in [0.05, 0.1) is 11.1 Å². The predicted molar refractivity (Wildman–Crippen MR) is 93.0 cm³/mol. The van der Waals surface area contributed by atoms with E-state index in [4.69, 9.17) is 9.47 Å². The summed E-state index contributed by atoms with van der Waals surface area (Å²) >= 11 is 0. The van der Waals surface area contributed by atoms with Crippen molar-refractivity contribution < 1.29 is 19.2 Å². The van der Waals surface area contributed by atoms with E-state index < -0.39 is 10.9 Å². The van der Waals surface area contributed by atoms with E-state index in [1.807, 2.05) is 0 Å². The molecule has 0 atom stereocenters. The number of pyridine rings is 1. The van der Waals surface area contributed by atoms with Crippen molar-refractivity contribution in [1.29, 1.82) is 0 Å². The fraction of sp³-hybridized carbons (Fsp3) is 0.0526. The first-order valence-electron chi connectivity index (χ1n) is 7.71. The van der Waals surface area contributed by atoms with Crippen LogP contribution in [0.25, 0.3) is 0 Å². The molecule has 0 amide bonds. The van der Waals surface area contributed by atoms with E-state index in [1.165, 1.54) is 18.2 Å². The fourth-order valence-corrected chi connectivity index (χ4v) is 2.28. The molecule has 1 aromatic heterocycles. The molecule has 0 aliphatic heterocycles. The number of hydrogen-bond acceptors (Lipinski definition) is 6. The highest BCUT2D eigenvalue weighted by atomic mass is 16.6. The number of nitro groups is 1. The maximum absolute atomic E-state index is 12.2. The van der Waals surface area contributed by atoms with Crippen LogP contribution in [0.4, 0.5) is 5.69 Å². The molecule has 26 heavy (non-hydrogen) atoms. The quantitative estimate of drug-likeness (QED) is 0.377. The lowest BCUT2D eigenvalue weighted by atomic mass is 10.2. The number of aromatic nitrogens is 1. The minimum atomic E-state index is -0.770. The number of nitrogens with zero attached hydrogens (tertiary/aromatic N) is 2. The highest BCUT2D eigenvalue weighted by Gasteiger charge is 2.20. The van der Waals surface area contributed by atoms with Crippen LogP contribution in [0.1, 0.15) is 15.9 Å². The molecule has 0 radical (unpaired) electrons. The number of ether oxygens (including phenoxy) is 2. The summed E-state index contributed by atoms with van der Waals surface area (Å²) in [5.41, 5.74) is 0.240. The van der Waals surface area contributed by atoms with Crippen molar-refractivity contribution in [3.05, 3.63) is 94.3 Å². The Balaban J connectivity index is 1.74. The maximum Gasteiger partial charge on any atom is 0.345 e. The molecule has 1 heterocycles. The van der Waals surface area contributed by atoms with Crippen molar-refractivity contribution in [2.24, 2.45) is 0 Å². The summed E-state index contributed by atoms with van der Waals surface area (Å²) in [6.07, 6.45) is 3.20. The standard InChI is InChI=1S/C19H14N2O5/c22-19(16-8-2-3-9-17(16)21(23)24)25-13-14-6-1-4-10-18(14)26-15-7-5-11-20-12-15/h1-12H,13H2. The Hall–Kier alpha value is -3.74. The molecular weight excluding hydrogens is 336 g/mol. The van der Waals surface area contributed by atoms with Gasteiger partial charge in [0, 0.05) is 17.8 Å². The van der Waals surface area contributed by atoms with Crippen molar-refractivity contribution in [3.8, 4) is 11.5 Å². The number of carbonyl (C=O) groups is 1. The first-order valence-corrected chi connectivity index (χ1v) is 7.71. The second kappa shape index (κ2) is 7.89. The molecule has 2 aromatic carbocycles. The third-order valence-corrected chi connectivity index (χ3v) is 3.51. The number of benzene rings is 2. The van der Waals surface area contributed by atoms with Gasteiger partial charge in [-0.3, -0.25) is 15.1 Å². The monoisotopic (exact) mass is 350 g/mol. The van der Waals surface area contributed by atoms with Gasteiger partial charge >= 0.3 is 5.97 Å². The van der Waals surface area contributed by atoms with Gasteiger partial charge in [-0.25, -0.2) is 4.79 Å². The van der Waals surface area contributed by atoms with Crippen LogP contribution >= 0.6 is 0 Å². The number of rotatable bonds is 6. The first kappa shape index (κ1) is 17.1. The van der Waals surface area contributed by atoms with Gasteiger partial charge in [0.1, 0.15) is 23.7 Å². The summed E-state index contributed by atoms with van der Waals surface area (Å²) in [7, 11) is 0. The Labute approximate surface area is 149 Å². The van der Waals surface area contributed by atoms with Crippen LogP contribution in [0.3, 0.4) is 0 Å². The molecule has 3 rings (SSSR count). The lowest BCUT2D eigenvalue weighted by Crippen LogP contribution is -2.08. The van der Waals surface area contributed by atoms with E-state index in [-0.39, 0.29) is 17.9 Å². The molecule has 130 valence electrons. The summed E-state index contributed by atoms with van der Waals surface area (Å²) in [6.45, 7) is -0.0820. The highest BCUT2D eigenvalue weighted by Crippen LogP contribution is 2.26. The highest BCUT2D eigenvalue weighted by molar-refractivity contribution is 5.93. The molecule has 0 bridgehead atoms. The Morgan fingerprint density at radius 3 is 2.58 bits per heavy atom. The molecule has 7 nitrogen and oxygen atoms in total. The smallest absolute Gasteiger partial charge is 0.345 e. The summed E-state index contributed by atoms with van der Waals surface area (Å²) in [4.78, 5) is 26.6. The van der Waals surface area contributed by atoms with Crippen LogP contribution in [0, 0.1) is 10.1 Å². The number of carbonyl (C=O) groups excluding carboxylic acids is 1. The first-order chi connectivity index (χ1) is 12.6. The van der Waals surface area contributed by atoms with Crippen molar-refractivity contribution in [1.82, 2.24) is 4.98 Å². The number of hydrogen-bond donors (Lipinski definition) is 0. The zero-order valence-electron chi connectivity index (χ0n) is 13.6. The lowest BCUT2D eigenvalue weighted by molar-refractivity contribution is -0.385. The molecule has 7 heteroatoms. The van der Waals surface area contributed by atoms with Crippen molar-refractivity contribution >= 4 is 11.7 Å². The summed E-state index contributed by atoms with van der Waals surface area (Å²) in [6, 6.07) is 16.2. The van der Waals surface area contributed by atoms with E-state index in [0.717, 1.165) is 0 Å². The van der Waals surface area contributed by atoms with E-state index >= 15 is 0 Å². The van der Waals surface area contributed by atoms with Crippen LogP contribution in [-0.4, -0.2) is 15.9 Å². The Kier molecular flexibility index (Phi) is 5.19. The summed E-state index contributed by atoms with van der Waals surface area (Å²) in [5, 5.41) is 11.0. The Bertz CT molecular complexity index is 928. The third kappa shape index (κ3) is 4.02. The largest absolute Gasteiger partial charge is 0.457 e. The van der Waals surface area contributed by atoms with Gasteiger partial charge in [-0.15, -0.1) is 0 Å². The SMILES string of the molecule is O=C(OCc1ccccc1Oc1cccnc1)c1ccccc1[N+](=O)[O-]. The van der Waals surface area contributed by atoms with Crippen LogP contribution in [0.2, 0.25) is 0 Å². The van der Waals surface area contributed by atoms with E-state index in [9.17, 15) is 14.9 Å². The molecule has 0 unspecified atom stereocenters. The van der Waals surface area contributed by atoms with E-state index in [2.05, 4.69) is 4.98 Å². The van der Waals surface area contributed by atoms with E-state index in [1.54, 1.807) is 54.9 Å². The summed E-state index contributed by atoms with van der Waals surface area (Å²) < 4.78 is 11.0. The minimum Gasteiger partial charge on any atom is -0.457 e. The number of para-hydroxylation sites is 2. The molecule has 0 aliphatic carbocycles. The number of esters is 1. The van der Waals surface area contributed by atoms with Gasteiger partial charge in [-0.05, 0) is 24.3 Å². The predicted octanol–water partition coefficient (Wildman–Crippen LogP) is 4.14. The van der Waals surface area contributed by atoms with Crippen LogP contribution in [-0.2, 0) is 11.3 Å². The topological polar surface area (TPSA) is 91.6 Å². The van der Waals surface area contributed by atoms with Crippen LogP contribution in [0.5, 0.6) is 11.5 Å². The van der Waals surface area contributed by atoms with Gasteiger partial charge < -0.3 is 9.47 Å². The number of nitro benzene ring substituents is 1. The molecule has 0 fully saturated rings. The molecule has 0 spiro atoms. The fourth-order valence-electron chi connectivity index (χ4n) is 2.28. The van der Waals surface area contributed by atoms with E-state index in [0.29, 0.717) is 17.1 Å². The molecule has 0 aliphatic rings. The van der Waals surface area contributed by atoms with Gasteiger partial charge in [-0.1, -0.05) is 30.3 Å². The zero-order chi connectivity index (χ0) is 18.4. The van der Waals surface area contributed by atoms with Crippen molar-refractivity contribution in [3.63, 3.8) is 0 Å². The van der Waals surface area contributed by atoms with Gasteiger partial charge in [-0.2, -0.15) is 0 Å². The van der Waals surface area contributed by atoms with Crippen molar-refractivity contribution in [2.75, 3.05) is 0 Å². The minimum absolute atomic E-state index is 0.0820. The van der Waals surface area contributed by atoms with Gasteiger partial charge in [0.25, 0.3) is 5.69 Å². The van der Waals surface area contributed by atoms with Crippen molar-refractivity contribution in [2.45, 2.75) is 6.61 Å². The average Bonchev–Trinajstić information content (AvgIpc) is 2.68. The van der Waals surface area contributed by atoms with Crippen LogP contribution < -0.4 is 4.74 Å². The second-order valence-corrected chi connectivity index (χ2v) is 5.25.